The first-order chi connectivity index (χ1) is 65.4. The topological polar surface area (TPSA) is 97.1 Å². The third-order valence-corrected chi connectivity index (χ3v) is 27.0. The average molecular weight is 1680 g/mol. The Hall–Kier alpha value is -17.9. The summed E-state index contributed by atoms with van der Waals surface area (Å²) in [6.45, 7) is 0. The summed E-state index contributed by atoms with van der Waals surface area (Å²) in [6.07, 6.45) is 0. The van der Waals surface area contributed by atoms with Crippen LogP contribution in [0.1, 0.15) is 0 Å². The van der Waals surface area contributed by atoms with Crippen molar-refractivity contribution in [3.63, 3.8) is 0 Å². The van der Waals surface area contributed by atoms with Gasteiger partial charge >= 0.3 is 0 Å². The van der Waals surface area contributed by atoms with Crippen molar-refractivity contribution in [1.82, 2.24) is 48.2 Å². The standard InChI is InChI=1S/2C61H37N5/c1-3-14-42-33-46(25-21-38(42)11-1)59-62-60(47-26-22-39-12-2-4-15-43(39)34-47)64-61(63-59)66-56-20-10-8-18-51(56)54-36-45(29-32-58(54)66)44-28-31-57-53(35-44)50-17-7-9-19-55(50)65(57)48-30-27-41-24-23-40-13-5-6-16-49(40)52(41)37-48;1-3-15-40-33-45(27-25-38(40)13-1)59-62-60(46-28-26-39-14-2-4-16-41(39)34-46)64-61(63-59)66-55-24-12-10-22-51(55)53-36-43(30-32-57(53)66)42-29-31-56-52(35-42)50-21-9-11-23-54(50)65(56)58-37-44-17-5-6-18-47(44)48-19-7-8-20-49(48)58/h2*1-37H. The lowest BCUT2D eigenvalue weighted by Gasteiger charge is -2.14. The molecule has 0 aliphatic carbocycles. The number of aromatic nitrogens is 10. The highest BCUT2D eigenvalue weighted by molar-refractivity contribution is 6.19. The average Bonchev–Trinajstić information content (AvgIpc) is 1.57. The Kier molecular flexibility index (Phi) is 16.9. The molecule has 612 valence electrons. The Morgan fingerprint density at radius 2 is 0.386 bits per heavy atom. The number of para-hydroxylation sites is 4. The van der Waals surface area contributed by atoms with Gasteiger partial charge in [-0.2, -0.15) is 19.9 Å². The molecule has 0 aliphatic heterocycles. The summed E-state index contributed by atoms with van der Waals surface area (Å²) in [6, 6.07) is 161. The molecule has 0 radical (unpaired) electrons. The summed E-state index contributed by atoms with van der Waals surface area (Å²) in [7, 11) is 0. The Morgan fingerprint density at radius 3 is 0.780 bits per heavy atom. The Morgan fingerprint density at radius 1 is 0.129 bits per heavy atom. The van der Waals surface area contributed by atoms with Gasteiger partial charge < -0.3 is 9.13 Å². The van der Waals surface area contributed by atoms with E-state index in [1.54, 1.807) is 0 Å². The molecule has 0 aliphatic rings. The molecule has 0 amide bonds. The molecule has 28 aromatic rings. The molecule has 0 spiro atoms. The van der Waals surface area contributed by atoms with Crippen LogP contribution in [0.25, 0.3) is 264 Å². The van der Waals surface area contributed by atoms with Crippen LogP contribution in [0.5, 0.6) is 0 Å². The van der Waals surface area contributed by atoms with Crippen LogP contribution in [-0.2, 0) is 0 Å². The molecule has 0 N–H and O–H groups in total. The van der Waals surface area contributed by atoms with E-state index in [1.807, 2.05) is 0 Å². The van der Waals surface area contributed by atoms with E-state index in [0.29, 0.717) is 35.2 Å². The van der Waals surface area contributed by atoms with E-state index in [2.05, 4.69) is 467 Å². The maximum absolute atomic E-state index is 5.29. The molecule has 6 heterocycles. The molecule has 6 aromatic heterocycles. The van der Waals surface area contributed by atoms with Crippen LogP contribution in [0.15, 0.2) is 449 Å². The molecule has 10 nitrogen and oxygen atoms in total. The maximum atomic E-state index is 5.29. The second-order valence-corrected chi connectivity index (χ2v) is 34.5. The highest BCUT2D eigenvalue weighted by atomic mass is 15.2. The fourth-order valence-corrected chi connectivity index (χ4v) is 20.7. The first kappa shape index (κ1) is 74.4. The van der Waals surface area contributed by atoms with Crippen molar-refractivity contribution in [2.45, 2.75) is 0 Å². The smallest absolute Gasteiger partial charge is 0.238 e. The van der Waals surface area contributed by atoms with Gasteiger partial charge in [-0.3, -0.25) is 9.13 Å². The molecule has 28 rings (SSSR count). The third kappa shape index (κ3) is 12.2. The third-order valence-electron chi connectivity index (χ3n) is 27.0. The molecular formula is C122H74N10. The fourth-order valence-electron chi connectivity index (χ4n) is 20.7. The maximum Gasteiger partial charge on any atom is 0.238 e. The van der Waals surface area contributed by atoms with Crippen LogP contribution >= 0.6 is 0 Å². The Bertz CT molecular complexity index is 9520. The normalized spacial score (nSPS) is 11.9. The molecule has 132 heavy (non-hydrogen) atoms. The van der Waals surface area contributed by atoms with Gasteiger partial charge in [0.1, 0.15) is 0 Å². The molecule has 0 unspecified atom stereocenters. The van der Waals surface area contributed by atoms with E-state index in [1.165, 1.54) is 114 Å². The molecule has 0 saturated heterocycles. The van der Waals surface area contributed by atoms with Gasteiger partial charge in [-0.15, -0.1) is 0 Å². The molecule has 0 bridgehead atoms. The van der Waals surface area contributed by atoms with E-state index in [9.17, 15) is 0 Å². The van der Waals surface area contributed by atoms with Crippen LogP contribution in [0.4, 0.5) is 0 Å². The zero-order valence-corrected chi connectivity index (χ0v) is 71.2. The van der Waals surface area contributed by atoms with Gasteiger partial charge in [-0.25, -0.2) is 9.97 Å². The molecule has 0 saturated carbocycles. The van der Waals surface area contributed by atoms with Crippen molar-refractivity contribution in [3.05, 3.63) is 449 Å². The van der Waals surface area contributed by atoms with Gasteiger partial charge in [0.25, 0.3) is 0 Å². The minimum Gasteiger partial charge on any atom is -0.309 e. The van der Waals surface area contributed by atoms with E-state index < -0.39 is 0 Å². The number of hydrogen-bond acceptors (Lipinski definition) is 6. The molecular weight excluding hydrogens is 1610 g/mol. The summed E-state index contributed by atoms with van der Waals surface area (Å²) in [5.41, 5.74) is 19.5. The number of fused-ring (bicyclic) bond motifs is 22. The minimum absolute atomic E-state index is 0.575. The van der Waals surface area contributed by atoms with Crippen molar-refractivity contribution in [2.75, 3.05) is 0 Å². The second-order valence-electron chi connectivity index (χ2n) is 34.5. The summed E-state index contributed by atoms with van der Waals surface area (Å²) in [5.74, 6) is 3.65. The quantitative estimate of drug-likeness (QED) is 0.127. The SMILES string of the molecule is c1ccc2cc(-c3nc(-c4ccc5ccccc5c4)nc(-n4c5ccccc5c5cc(-c6ccc7c(c6)c6ccccc6n7-c6cc7ccccc7c7ccccc67)ccc54)n3)ccc2c1.c1ccc2cc(-c3nc(-c4ccc5ccccc5c4)nc(-n4c5ccccc5c5cc(-c6ccc7c(c6)c6ccccc6n7-c6ccc7ccc8ccccc8c7c6)ccc54)n3)ccc2c1. The highest BCUT2D eigenvalue weighted by Gasteiger charge is 2.25. The summed E-state index contributed by atoms with van der Waals surface area (Å²) >= 11 is 0. The number of benzene rings is 22. The fraction of sp³-hybridized carbons (Fsp3) is 0. The van der Waals surface area contributed by atoms with Gasteiger partial charge in [0.15, 0.2) is 23.3 Å². The first-order valence-corrected chi connectivity index (χ1v) is 44.8. The van der Waals surface area contributed by atoms with E-state index in [4.69, 9.17) is 29.9 Å². The first-order valence-electron chi connectivity index (χ1n) is 44.8. The molecule has 10 heteroatoms. The Labute approximate surface area is 756 Å². The van der Waals surface area contributed by atoms with Crippen LogP contribution in [0.2, 0.25) is 0 Å². The second kappa shape index (κ2) is 29.9. The van der Waals surface area contributed by atoms with Crippen LogP contribution < -0.4 is 0 Å². The summed E-state index contributed by atoms with van der Waals surface area (Å²) < 4.78 is 9.28. The monoisotopic (exact) mass is 1680 g/mol. The van der Waals surface area contributed by atoms with Crippen LogP contribution in [0.3, 0.4) is 0 Å². The van der Waals surface area contributed by atoms with Gasteiger partial charge in [-0.05, 0) is 218 Å². The van der Waals surface area contributed by atoms with E-state index in [-0.39, 0.29) is 0 Å². The van der Waals surface area contributed by atoms with Crippen molar-refractivity contribution < 1.29 is 0 Å². The zero-order chi connectivity index (χ0) is 86.6. The summed E-state index contributed by atoms with van der Waals surface area (Å²) in [5, 5.41) is 28.7. The predicted octanol–water partition coefficient (Wildman–Crippen LogP) is 31.4. The van der Waals surface area contributed by atoms with Gasteiger partial charge in [0.2, 0.25) is 11.9 Å². The van der Waals surface area contributed by atoms with Gasteiger partial charge in [-0.1, -0.05) is 334 Å². The van der Waals surface area contributed by atoms with Crippen LogP contribution in [-0.4, -0.2) is 48.2 Å². The van der Waals surface area contributed by atoms with Crippen molar-refractivity contribution in [1.29, 1.82) is 0 Å². The van der Waals surface area contributed by atoms with E-state index in [0.717, 1.165) is 115 Å². The van der Waals surface area contributed by atoms with Gasteiger partial charge in [0, 0.05) is 76.4 Å². The minimum atomic E-state index is 0.575. The van der Waals surface area contributed by atoms with Crippen molar-refractivity contribution >= 4 is 173 Å². The predicted molar refractivity (Wildman–Crippen MR) is 550 cm³/mol. The number of nitrogens with zero attached hydrogens (tertiary/aromatic N) is 10. The van der Waals surface area contributed by atoms with Crippen molar-refractivity contribution in [3.8, 4) is 91.1 Å². The Balaban J connectivity index is 0.000000135. The zero-order valence-electron chi connectivity index (χ0n) is 71.2. The number of rotatable bonds is 10. The largest absolute Gasteiger partial charge is 0.309 e. The molecule has 0 atom stereocenters. The lowest BCUT2D eigenvalue weighted by atomic mass is 9.99. The van der Waals surface area contributed by atoms with E-state index >= 15 is 0 Å². The number of hydrogen-bond donors (Lipinski definition) is 0. The van der Waals surface area contributed by atoms with Crippen molar-refractivity contribution in [2.24, 2.45) is 0 Å². The lowest BCUT2D eigenvalue weighted by Crippen LogP contribution is -2.06. The lowest BCUT2D eigenvalue weighted by molar-refractivity contribution is 0.953. The van der Waals surface area contributed by atoms with Crippen LogP contribution in [0, 0.1) is 0 Å². The molecule has 0 fully saturated rings. The molecule has 22 aromatic carbocycles. The summed E-state index contributed by atoms with van der Waals surface area (Å²) in [4.78, 5) is 31.5. The van der Waals surface area contributed by atoms with Gasteiger partial charge in [0.05, 0.1) is 49.8 Å². The highest BCUT2D eigenvalue weighted by Crippen LogP contribution is 2.45.